The van der Waals surface area contributed by atoms with E-state index in [1.54, 1.807) is 0 Å². The Bertz CT molecular complexity index is 142. The van der Waals surface area contributed by atoms with Crippen LogP contribution < -0.4 is 0 Å². The van der Waals surface area contributed by atoms with E-state index in [0.29, 0.717) is 0 Å². The van der Waals surface area contributed by atoms with Crippen LogP contribution in [0.1, 0.15) is 41.5 Å². The van der Waals surface area contributed by atoms with Gasteiger partial charge in [0.05, 0.1) is 0 Å². The van der Waals surface area contributed by atoms with Gasteiger partial charge in [0.1, 0.15) is 0 Å². The van der Waals surface area contributed by atoms with E-state index in [-0.39, 0.29) is 38.0 Å². The Balaban J connectivity index is -0.000000500. The van der Waals surface area contributed by atoms with Crippen molar-refractivity contribution in [3.05, 3.63) is 12.9 Å². The molecule has 0 aromatic heterocycles. The molecule has 0 aromatic carbocycles. The third-order valence-corrected chi connectivity index (χ3v) is 0.689. The summed E-state index contributed by atoms with van der Waals surface area (Å²) in [5.41, 5.74) is 3.77. The van der Waals surface area contributed by atoms with E-state index in [1.165, 1.54) is 0 Å². The van der Waals surface area contributed by atoms with Crippen LogP contribution in [0, 0.1) is 7.43 Å². The molecule has 0 atom stereocenters. The quantitative estimate of drug-likeness (QED) is 0.303. The SMILES string of the molecule is CC(C)(C)N=N[N-]C(C)(C)C.[CH3-].[RuH+2]. The Morgan fingerprint density at radius 1 is 0.923 bits per heavy atom. The summed E-state index contributed by atoms with van der Waals surface area (Å²) in [5, 5.41) is 7.76. The molecule has 0 aliphatic rings. The monoisotopic (exact) mass is 274 g/mol. The normalized spacial score (nSPS) is 11.8. The van der Waals surface area contributed by atoms with E-state index in [4.69, 9.17) is 0 Å². The Hall–Kier alpha value is 0.0234. The summed E-state index contributed by atoms with van der Waals surface area (Å²) in [6.07, 6.45) is 0. The van der Waals surface area contributed by atoms with E-state index in [0.717, 1.165) is 0 Å². The van der Waals surface area contributed by atoms with Gasteiger partial charge < -0.3 is 18.0 Å². The number of hydrogen-bond acceptors (Lipinski definition) is 2. The predicted molar refractivity (Wildman–Crippen MR) is 55.5 cm³/mol. The second-order valence-corrected chi connectivity index (χ2v) is 4.63. The van der Waals surface area contributed by atoms with Crippen molar-refractivity contribution in [3.8, 4) is 0 Å². The Labute approximate surface area is 95.5 Å². The average Bonchev–Trinajstić information content (AvgIpc) is 1.55. The Morgan fingerprint density at radius 3 is 1.54 bits per heavy atom. The van der Waals surface area contributed by atoms with Crippen LogP contribution in [0.3, 0.4) is 0 Å². The van der Waals surface area contributed by atoms with Crippen molar-refractivity contribution < 1.29 is 19.5 Å². The van der Waals surface area contributed by atoms with Gasteiger partial charge in [-0.3, -0.25) is 5.22 Å². The Morgan fingerprint density at radius 2 is 1.31 bits per heavy atom. The summed E-state index contributed by atoms with van der Waals surface area (Å²) in [6, 6.07) is 0. The van der Waals surface area contributed by atoms with Crippen LogP contribution in [0.5, 0.6) is 0 Å². The molecule has 4 heteroatoms. The molecule has 0 rings (SSSR count). The van der Waals surface area contributed by atoms with Crippen LogP contribution in [0.25, 0.3) is 5.43 Å². The van der Waals surface area contributed by atoms with E-state index in [1.807, 2.05) is 41.5 Å². The molecule has 0 bridgehead atoms. The minimum absolute atomic E-state index is 0. The van der Waals surface area contributed by atoms with Gasteiger partial charge >= 0.3 is 19.5 Å². The minimum atomic E-state index is -0.116. The molecular weight excluding hydrogens is 251 g/mol. The molecule has 0 aromatic rings. The molecule has 13 heavy (non-hydrogen) atoms. The first-order chi connectivity index (χ1) is 4.71. The first-order valence-electron chi connectivity index (χ1n) is 3.85. The molecule has 0 unspecified atom stereocenters. The number of nitrogens with zero attached hydrogens (tertiary/aromatic N) is 3. The first kappa shape index (κ1) is 18.7. The molecule has 0 spiro atoms. The summed E-state index contributed by atoms with van der Waals surface area (Å²) in [4.78, 5) is 0. The van der Waals surface area contributed by atoms with Gasteiger partial charge in [0.2, 0.25) is 0 Å². The molecule has 3 nitrogen and oxygen atoms in total. The van der Waals surface area contributed by atoms with Crippen molar-refractivity contribution in [3.63, 3.8) is 0 Å². The first-order valence-corrected chi connectivity index (χ1v) is 3.85. The van der Waals surface area contributed by atoms with Gasteiger partial charge in [-0.05, 0) is 11.1 Å². The third-order valence-electron chi connectivity index (χ3n) is 0.689. The summed E-state index contributed by atoms with van der Waals surface area (Å²) < 4.78 is 0. The second-order valence-electron chi connectivity index (χ2n) is 4.63. The van der Waals surface area contributed by atoms with Crippen molar-refractivity contribution >= 4 is 0 Å². The third kappa shape index (κ3) is 18.8. The van der Waals surface area contributed by atoms with Gasteiger partial charge in [0.25, 0.3) is 0 Å². The maximum atomic E-state index is 4.00. The number of hydrogen-bond donors (Lipinski definition) is 0. The molecule has 0 saturated heterocycles. The van der Waals surface area contributed by atoms with E-state index >= 15 is 0 Å². The maximum absolute atomic E-state index is 4.00. The zero-order chi connectivity index (χ0) is 9.12. The summed E-state index contributed by atoms with van der Waals surface area (Å²) in [5.74, 6) is 0. The van der Waals surface area contributed by atoms with Crippen molar-refractivity contribution in [1.82, 2.24) is 0 Å². The molecule has 0 radical (unpaired) electrons. The molecule has 0 N–H and O–H groups in total. The molecule has 0 aliphatic carbocycles. The van der Waals surface area contributed by atoms with Crippen molar-refractivity contribution in [2.24, 2.45) is 10.3 Å². The molecule has 0 amide bonds. The molecule has 0 heterocycles. The Kier molecular flexibility index (Phi) is 9.33. The van der Waals surface area contributed by atoms with Crippen molar-refractivity contribution in [2.45, 2.75) is 52.6 Å². The summed E-state index contributed by atoms with van der Waals surface area (Å²) >= 11 is 0. The van der Waals surface area contributed by atoms with Crippen LogP contribution in [-0.4, -0.2) is 11.1 Å². The van der Waals surface area contributed by atoms with Gasteiger partial charge in [-0.15, -0.1) is 0 Å². The zero-order valence-electron chi connectivity index (χ0n) is 9.72. The van der Waals surface area contributed by atoms with Crippen LogP contribution in [0.4, 0.5) is 0 Å². The molecule has 0 fully saturated rings. The van der Waals surface area contributed by atoms with Gasteiger partial charge in [0, 0.05) is 0 Å². The molecule has 0 saturated carbocycles. The standard InChI is InChI=1S/C8H18N3.CH3.Ru.H/c1-7(2,3)9-11-10-8(4,5)6;;;/h1-6H3;1H3;;/q2*-1;+2;. The fraction of sp³-hybridized carbons (Fsp3) is 0.889. The van der Waals surface area contributed by atoms with Crippen LogP contribution >= 0.6 is 0 Å². The topological polar surface area (TPSA) is 38.8 Å². The van der Waals surface area contributed by atoms with E-state index in [2.05, 4.69) is 15.8 Å². The van der Waals surface area contributed by atoms with E-state index in [9.17, 15) is 0 Å². The predicted octanol–water partition coefficient (Wildman–Crippen LogP) is 3.50. The van der Waals surface area contributed by atoms with E-state index < -0.39 is 0 Å². The second kappa shape index (κ2) is 6.47. The molecular formula is C9H22N3Ru. The fourth-order valence-electron chi connectivity index (χ4n) is 0.291. The van der Waals surface area contributed by atoms with Crippen molar-refractivity contribution in [2.75, 3.05) is 0 Å². The summed E-state index contributed by atoms with van der Waals surface area (Å²) in [6.45, 7) is 12.0. The summed E-state index contributed by atoms with van der Waals surface area (Å²) in [7, 11) is 0. The number of rotatable bonds is 1. The van der Waals surface area contributed by atoms with Crippen LogP contribution in [-0.2, 0) is 19.5 Å². The average molecular weight is 273 g/mol. The van der Waals surface area contributed by atoms with Gasteiger partial charge in [0.15, 0.2) is 0 Å². The fourth-order valence-corrected chi connectivity index (χ4v) is 0.291. The van der Waals surface area contributed by atoms with Gasteiger partial charge in [-0.2, -0.15) is 0 Å². The van der Waals surface area contributed by atoms with Gasteiger partial charge in [-0.25, -0.2) is 0 Å². The van der Waals surface area contributed by atoms with Crippen LogP contribution in [0.15, 0.2) is 10.3 Å². The molecule has 0 aliphatic heterocycles. The molecule has 81 valence electrons. The van der Waals surface area contributed by atoms with Crippen molar-refractivity contribution in [1.29, 1.82) is 0 Å². The van der Waals surface area contributed by atoms with Gasteiger partial charge in [-0.1, -0.05) is 41.5 Å². The zero-order valence-corrected chi connectivity index (χ0v) is 11.6. The van der Waals surface area contributed by atoms with Crippen LogP contribution in [0.2, 0.25) is 0 Å².